The summed E-state index contributed by atoms with van der Waals surface area (Å²) in [6.45, 7) is 5.75. The van der Waals surface area contributed by atoms with Gasteiger partial charge in [0.15, 0.2) is 39.2 Å². The van der Waals surface area contributed by atoms with E-state index in [4.69, 9.17) is 54.9 Å². The second-order valence-electron chi connectivity index (χ2n) is 19.7. The third-order valence-corrected chi connectivity index (χ3v) is 23.3. The predicted molar refractivity (Wildman–Crippen MR) is 332 cm³/mol. The molecular formula is C50H59N9Na3O33P6+. The fourth-order valence-electron chi connectivity index (χ4n) is 7.02. The van der Waals surface area contributed by atoms with Gasteiger partial charge in [-0.15, -0.1) is 10.2 Å². The van der Waals surface area contributed by atoms with Crippen LogP contribution >= 0.6 is 45.6 Å². The van der Waals surface area contributed by atoms with Crippen LogP contribution in [0.15, 0.2) is 143 Å². The van der Waals surface area contributed by atoms with Gasteiger partial charge in [-0.1, -0.05) is 43.0 Å². The van der Waals surface area contributed by atoms with Crippen LogP contribution < -0.4 is 129 Å². The van der Waals surface area contributed by atoms with E-state index in [2.05, 4.69) is 37.2 Å². The maximum atomic E-state index is 12.6. The summed E-state index contributed by atoms with van der Waals surface area (Å²) in [6, 6.07) is 22.0. The first-order valence-electron chi connectivity index (χ1n) is 26.0. The number of hydrogen-bond donors (Lipinski definition) is 16. The molecule has 42 nitrogen and oxygen atoms in total. The number of carbonyl (C=O) groups excluding carboxylic acids is 4. The number of nitrogens with zero attached hydrogens (tertiary/aromatic N) is 6. The number of hydrogen-bond acceptors (Lipinski definition) is 28. The third kappa shape index (κ3) is 29.1. The van der Waals surface area contributed by atoms with E-state index >= 15 is 0 Å². The standard InChI is InChI=1S/C19H22N4O12P2.C12H17NO9P2.C8H13NO7P2.C7H6N3O3.C4H4O2.3Na/c1-11(24)17(22-21-15-8-7-14(23(27)28)9-16(15)35-2)18(25)20-13-5-3-12(4-6-13)10-19(26,36(29,30)31)37(32,33)34;1-8(14)6-11(15)13-10-4-2-9(3-5-10)7-12(16,23(17,18)19)24(20,21)22;9-7-3-1-6(2-4-7)5-8(10,17(11,12)13)18(14,15)16;1-13-7-4-5(10(11)12)2-3-6(7)9-8;1-3-2-4(5)6-3;;;/h3-9,24,26H,10H2,1-2H3,(H,20,25)(H2,29,30,31)(H2,32,33,34);2-5,16H,6-7H2,1H3,(H,13,15)(H2,17,18,19)(H2,20,21,22);1-4,10H,5,9H2,(H2,11,12,13)(H2,14,15,16);2-4H,1H3;1-2H2;;;/q;;;+1;;3*+1/p-3. The van der Waals surface area contributed by atoms with Crippen molar-refractivity contribution < 1.29 is 238 Å². The summed E-state index contributed by atoms with van der Waals surface area (Å²) in [5.74, 6) is -1.85. The number of anilines is 3. The maximum absolute atomic E-state index is 12.6. The van der Waals surface area contributed by atoms with E-state index < -0.39 is 113 Å². The number of carbonyl (C=O) groups is 4. The molecular weight excluding hydrogens is 1510 g/mol. The van der Waals surface area contributed by atoms with Crippen LogP contribution in [-0.4, -0.2) is 127 Å². The van der Waals surface area contributed by atoms with Crippen molar-refractivity contribution >= 4 is 109 Å². The number of allylic oxidation sites excluding steroid dienone is 1. The Morgan fingerprint density at radius 1 is 0.634 bits per heavy atom. The van der Waals surface area contributed by atoms with Gasteiger partial charge in [0.05, 0.1) is 42.6 Å². The molecule has 6 rings (SSSR count). The van der Waals surface area contributed by atoms with Gasteiger partial charge in [0.25, 0.3) is 17.3 Å². The first-order chi connectivity index (χ1) is 44.7. The Balaban J connectivity index is 0. The van der Waals surface area contributed by atoms with Crippen LogP contribution in [0.3, 0.4) is 0 Å². The van der Waals surface area contributed by atoms with Crippen molar-refractivity contribution in [1.29, 1.82) is 5.39 Å². The zero-order valence-corrected chi connectivity index (χ0v) is 64.9. The molecule has 0 spiro atoms. The monoisotopic (exact) mass is 1570 g/mol. The van der Waals surface area contributed by atoms with Crippen LogP contribution in [0.4, 0.5) is 39.8 Å². The van der Waals surface area contributed by atoms with Crippen molar-refractivity contribution in [1.82, 2.24) is 0 Å². The van der Waals surface area contributed by atoms with Gasteiger partial charge in [0.1, 0.15) is 29.4 Å². The Hall–Kier alpha value is -5.54. The summed E-state index contributed by atoms with van der Waals surface area (Å²) >= 11 is 0. The van der Waals surface area contributed by atoms with Crippen molar-refractivity contribution in [2.75, 3.05) is 30.6 Å². The molecule has 1 aliphatic heterocycles. The van der Waals surface area contributed by atoms with Crippen LogP contribution in [0, 0.1) is 25.6 Å². The molecule has 0 aliphatic carbocycles. The number of non-ortho nitro benzene ring substituents is 2. The van der Waals surface area contributed by atoms with Crippen molar-refractivity contribution in [3.8, 4) is 11.5 Å². The van der Waals surface area contributed by atoms with Crippen molar-refractivity contribution in [3.63, 3.8) is 0 Å². The fourth-order valence-corrected chi connectivity index (χ4v) is 13.3. The van der Waals surface area contributed by atoms with Crippen molar-refractivity contribution in [2.45, 2.75) is 61.2 Å². The molecule has 17 N–H and O–H groups in total. The number of cyclic esters (lactones) is 1. The summed E-state index contributed by atoms with van der Waals surface area (Å²) in [6.07, 6.45) is -3.08. The number of azo groups is 1. The molecule has 101 heavy (non-hydrogen) atoms. The number of amides is 2. The minimum Gasteiger partial charge on any atom is -0.776 e. The molecule has 0 bridgehead atoms. The minimum atomic E-state index is -5.91. The molecule has 0 saturated carbocycles. The molecule has 1 fully saturated rings. The summed E-state index contributed by atoms with van der Waals surface area (Å²) in [5.41, 5.74) is 5.25. The largest absolute Gasteiger partial charge is 1.00 e. The van der Waals surface area contributed by atoms with Gasteiger partial charge in [-0.2, -0.15) is 0 Å². The third-order valence-electron chi connectivity index (χ3n) is 12.2. The van der Waals surface area contributed by atoms with Crippen molar-refractivity contribution in [3.05, 3.63) is 175 Å². The van der Waals surface area contributed by atoms with Gasteiger partial charge in [-0.3, -0.25) is 53.1 Å². The quantitative estimate of drug-likeness (QED) is 0.00248. The number of ketones is 1. The molecule has 0 aromatic heterocycles. The number of nitro groups is 2. The zero-order valence-electron chi connectivity index (χ0n) is 53.6. The number of methoxy groups -OCH3 is 2. The second-order valence-corrected chi connectivity index (χ2v) is 31.6. The first kappa shape index (κ1) is 97.5. The first-order valence-corrected chi connectivity index (χ1v) is 35.6. The molecule has 5 aromatic rings. The van der Waals surface area contributed by atoms with E-state index in [0.717, 1.165) is 31.2 Å². The number of ether oxygens (including phenoxy) is 3. The maximum Gasteiger partial charge on any atom is 1.00 e. The zero-order chi connectivity index (χ0) is 75.5. The SMILES string of the molecule is C=C1CC(=O)O1.CC(=O)CC(=O)Nc1ccc(CC(O)(P(=O)([O-])O)P(=O)(O)O)cc1.COc1cc([N+](=O)[O-])ccc1N=NC(C(=O)Nc1ccc(CC(O)(P(=O)([O-])O)P(=O)(O)O)cc1)=C(C)O.COc1cc([N+](=O)[O-])ccc1[N+]#N.Nc1ccc(CC(O)(P(=O)([O-])O)P(=O)(O)O)cc1.[Na+].[Na+].[Na+]. The Kier molecular flexibility index (Phi) is 39.3. The second kappa shape index (κ2) is 40.7. The number of aliphatic hydroxyl groups is 4. The topological polar surface area (TPSA) is 720 Å². The molecule has 1 aliphatic rings. The van der Waals surface area contributed by atoms with E-state index in [-0.39, 0.29) is 169 Å². The summed E-state index contributed by atoms with van der Waals surface area (Å²) in [5, 5.41) is 70.1. The number of Topliss-reactive ketones (excluding diaryl/α,β-unsaturated/α-hetero) is 1. The molecule has 0 radical (unpaired) electrons. The van der Waals surface area contributed by atoms with E-state index in [1.165, 1.54) is 106 Å². The van der Waals surface area contributed by atoms with Crippen LogP contribution in [0.5, 0.6) is 11.5 Å². The number of nitrogens with two attached hydrogens (primary N) is 1. The molecule has 6 unspecified atom stereocenters. The molecule has 1 heterocycles. The van der Waals surface area contributed by atoms with Gasteiger partial charge in [0.2, 0.25) is 32.3 Å². The summed E-state index contributed by atoms with van der Waals surface area (Å²) < 4.78 is 81.4. The minimum absolute atomic E-state index is 0. The predicted octanol–water partition coefficient (Wildman–Crippen LogP) is -5.73. The normalized spacial score (nSPS) is 15.5. The Morgan fingerprint density at radius 3 is 1.27 bits per heavy atom. The number of nitro benzene ring substituents is 2. The van der Waals surface area contributed by atoms with Gasteiger partial charge in [-0.05, 0) is 73.0 Å². The van der Waals surface area contributed by atoms with E-state index in [1.807, 2.05) is 0 Å². The molecule has 2 amide bonds. The molecule has 5 aromatic carbocycles. The van der Waals surface area contributed by atoms with Crippen molar-refractivity contribution in [2.24, 2.45) is 10.2 Å². The Bertz CT molecular complexity index is 4120. The van der Waals surface area contributed by atoms with E-state index in [0.29, 0.717) is 17.9 Å². The van der Waals surface area contributed by atoms with Crippen LogP contribution in [-0.2, 0) is 70.6 Å². The summed E-state index contributed by atoms with van der Waals surface area (Å²) in [7, 11) is -31.6. The van der Waals surface area contributed by atoms with Crippen LogP contribution in [0.25, 0.3) is 4.98 Å². The number of diazo groups is 1. The number of benzene rings is 5. The summed E-state index contributed by atoms with van der Waals surface area (Å²) in [4.78, 5) is 182. The number of rotatable bonds is 23. The molecule has 1 saturated heterocycles. The van der Waals surface area contributed by atoms with Gasteiger partial charge in [0, 0.05) is 54.5 Å². The number of nitrogen functional groups attached to an aromatic ring is 1. The van der Waals surface area contributed by atoms with Gasteiger partial charge >= 0.3 is 123 Å². The van der Waals surface area contributed by atoms with Crippen LogP contribution in [0.2, 0.25) is 0 Å². The Morgan fingerprint density at radius 2 is 0.980 bits per heavy atom. The van der Waals surface area contributed by atoms with Crippen LogP contribution in [0.1, 0.15) is 43.4 Å². The molecule has 6 atom stereocenters. The van der Waals surface area contributed by atoms with E-state index in [9.17, 15) is 112 Å². The molecule has 534 valence electrons. The molecule has 51 heteroatoms. The smallest absolute Gasteiger partial charge is 0.776 e. The number of esters is 1. The van der Waals surface area contributed by atoms with E-state index in [1.54, 1.807) is 0 Å². The Labute approximate surface area is 635 Å². The van der Waals surface area contributed by atoms with Gasteiger partial charge in [-0.25, -0.2) is 0 Å². The van der Waals surface area contributed by atoms with Gasteiger partial charge < -0.3 is 123 Å². The average Bonchev–Trinajstić information content (AvgIpc) is 0.780. The number of nitrogens with one attached hydrogen (secondary N) is 2. The average molecular weight is 1570 g/mol. The number of aliphatic hydroxyl groups excluding tert-OH is 1. The fraction of sp³-hybridized carbons (Fsp3) is 0.240.